The van der Waals surface area contributed by atoms with Crippen molar-refractivity contribution in [2.24, 2.45) is 5.92 Å². The molecule has 0 aromatic heterocycles. The molecule has 1 atom stereocenters. The number of Topliss-reactive ketones (excluding diaryl/α,β-unsaturated/α-hetero) is 1. The number of methoxy groups -OCH3 is 2. The minimum absolute atomic E-state index is 0.0913. The third-order valence-corrected chi connectivity index (χ3v) is 3.97. The van der Waals surface area contributed by atoms with Crippen molar-refractivity contribution in [2.45, 2.75) is 0 Å². The van der Waals surface area contributed by atoms with E-state index >= 15 is 0 Å². The molecule has 0 aliphatic carbocycles. The van der Waals surface area contributed by atoms with Crippen LogP contribution in [0.5, 0.6) is 11.5 Å². The molecule has 1 aliphatic heterocycles. The number of esters is 1. The van der Waals surface area contributed by atoms with E-state index in [1.165, 1.54) is 32.4 Å². The van der Waals surface area contributed by atoms with Gasteiger partial charge in [-0.05, 0) is 24.3 Å². The molecule has 0 radical (unpaired) electrons. The first-order valence-electron chi connectivity index (χ1n) is 7.83. The average Bonchev–Trinajstić information content (AvgIpc) is 2.67. The number of ether oxygens (including phenoxy) is 3. The maximum absolute atomic E-state index is 12.6. The second kappa shape index (κ2) is 7.23. The molecule has 26 heavy (non-hydrogen) atoms. The lowest BCUT2D eigenvalue weighted by Gasteiger charge is -2.19. The SMILES string of the molecule is COc1cccc(C(=O)C2C(=O)C=C(c3cccc(OC)c3)OC2=O)c1. The molecule has 0 saturated heterocycles. The van der Waals surface area contributed by atoms with E-state index < -0.39 is 23.5 Å². The predicted octanol–water partition coefficient (Wildman–Crippen LogP) is 2.67. The van der Waals surface area contributed by atoms with E-state index in [4.69, 9.17) is 14.2 Å². The minimum Gasteiger partial charge on any atom is -0.497 e. The van der Waals surface area contributed by atoms with Crippen LogP contribution in [0, 0.1) is 5.92 Å². The smallest absolute Gasteiger partial charge is 0.330 e. The van der Waals surface area contributed by atoms with Gasteiger partial charge in [0.05, 0.1) is 14.2 Å². The Morgan fingerprint density at radius 3 is 2.27 bits per heavy atom. The molecule has 0 amide bonds. The topological polar surface area (TPSA) is 78.9 Å². The number of carbonyl (C=O) groups is 3. The van der Waals surface area contributed by atoms with E-state index in [1.807, 2.05) is 0 Å². The van der Waals surface area contributed by atoms with Gasteiger partial charge in [0.1, 0.15) is 17.3 Å². The number of cyclic esters (lactones) is 1. The molecule has 0 bridgehead atoms. The Hall–Kier alpha value is -3.41. The Kier molecular flexibility index (Phi) is 4.84. The zero-order valence-electron chi connectivity index (χ0n) is 14.2. The molecule has 1 unspecified atom stereocenters. The molecular weight excluding hydrogens is 336 g/mol. The zero-order valence-corrected chi connectivity index (χ0v) is 14.2. The first-order valence-corrected chi connectivity index (χ1v) is 7.83. The van der Waals surface area contributed by atoms with Crippen molar-refractivity contribution < 1.29 is 28.6 Å². The first kappa shape index (κ1) is 17.4. The Morgan fingerprint density at radius 2 is 1.62 bits per heavy atom. The van der Waals surface area contributed by atoms with E-state index in [9.17, 15) is 14.4 Å². The van der Waals surface area contributed by atoms with E-state index in [0.29, 0.717) is 17.1 Å². The van der Waals surface area contributed by atoms with Crippen molar-refractivity contribution in [3.63, 3.8) is 0 Å². The number of allylic oxidation sites excluding steroid dienone is 1. The number of ketones is 2. The van der Waals surface area contributed by atoms with E-state index in [1.54, 1.807) is 36.4 Å². The molecule has 0 N–H and O–H groups in total. The summed E-state index contributed by atoms with van der Waals surface area (Å²) in [5.41, 5.74) is 0.719. The fraction of sp³-hybridized carbons (Fsp3) is 0.150. The minimum atomic E-state index is -1.52. The molecule has 1 aliphatic rings. The highest BCUT2D eigenvalue weighted by molar-refractivity contribution is 6.28. The molecule has 0 saturated carbocycles. The van der Waals surface area contributed by atoms with Crippen LogP contribution < -0.4 is 9.47 Å². The molecule has 0 fully saturated rings. The van der Waals surface area contributed by atoms with Gasteiger partial charge in [-0.2, -0.15) is 0 Å². The molecule has 2 aromatic rings. The van der Waals surface area contributed by atoms with Gasteiger partial charge in [-0.25, -0.2) is 0 Å². The summed E-state index contributed by atoms with van der Waals surface area (Å²) in [6, 6.07) is 13.0. The molecule has 1 heterocycles. The lowest BCUT2D eigenvalue weighted by Crippen LogP contribution is -2.35. The van der Waals surface area contributed by atoms with Crippen LogP contribution in [0.4, 0.5) is 0 Å². The van der Waals surface area contributed by atoms with Gasteiger partial charge in [0.15, 0.2) is 17.5 Å². The third-order valence-electron chi connectivity index (χ3n) is 3.97. The highest BCUT2D eigenvalue weighted by atomic mass is 16.5. The molecule has 3 rings (SSSR count). The van der Waals surface area contributed by atoms with Crippen molar-refractivity contribution in [3.8, 4) is 11.5 Å². The molecule has 132 valence electrons. The summed E-state index contributed by atoms with van der Waals surface area (Å²) in [4.78, 5) is 37.4. The summed E-state index contributed by atoms with van der Waals surface area (Å²) in [7, 11) is 2.97. The molecule has 0 spiro atoms. The summed E-state index contributed by atoms with van der Waals surface area (Å²) >= 11 is 0. The summed E-state index contributed by atoms with van der Waals surface area (Å²) in [5.74, 6) is -2.55. The van der Waals surface area contributed by atoms with Gasteiger partial charge in [-0.15, -0.1) is 0 Å². The fourth-order valence-electron chi connectivity index (χ4n) is 2.62. The summed E-state index contributed by atoms with van der Waals surface area (Å²) in [6.07, 6.45) is 1.17. The van der Waals surface area contributed by atoms with E-state index in [-0.39, 0.29) is 11.3 Å². The van der Waals surface area contributed by atoms with Crippen LogP contribution in [0.15, 0.2) is 54.6 Å². The van der Waals surface area contributed by atoms with Crippen LogP contribution >= 0.6 is 0 Å². The van der Waals surface area contributed by atoms with Crippen molar-refractivity contribution in [1.82, 2.24) is 0 Å². The van der Waals surface area contributed by atoms with Crippen molar-refractivity contribution in [1.29, 1.82) is 0 Å². The van der Waals surface area contributed by atoms with Crippen LogP contribution in [-0.2, 0) is 14.3 Å². The largest absolute Gasteiger partial charge is 0.497 e. The monoisotopic (exact) mass is 352 g/mol. The second-order valence-electron chi connectivity index (χ2n) is 5.59. The fourth-order valence-corrected chi connectivity index (χ4v) is 2.62. The molecule has 6 heteroatoms. The van der Waals surface area contributed by atoms with Gasteiger partial charge < -0.3 is 14.2 Å². The molecular formula is C20H16O6. The number of rotatable bonds is 5. The quantitative estimate of drug-likeness (QED) is 0.468. The highest BCUT2D eigenvalue weighted by Crippen LogP contribution is 2.28. The number of benzene rings is 2. The van der Waals surface area contributed by atoms with Crippen LogP contribution in [0.25, 0.3) is 5.76 Å². The lowest BCUT2D eigenvalue weighted by atomic mass is 9.91. The van der Waals surface area contributed by atoms with Crippen LogP contribution in [-0.4, -0.2) is 31.8 Å². The maximum atomic E-state index is 12.6. The molecule has 6 nitrogen and oxygen atoms in total. The predicted molar refractivity (Wildman–Crippen MR) is 92.9 cm³/mol. The highest BCUT2D eigenvalue weighted by Gasteiger charge is 2.39. The van der Waals surface area contributed by atoms with Gasteiger partial charge in [0.25, 0.3) is 0 Å². The lowest BCUT2D eigenvalue weighted by molar-refractivity contribution is -0.143. The molecule has 2 aromatic carbocycles. The third kappa shape index (κ3) is 3.35. The Balaban J connectivity index is 1.90. The summed E-state index contributed by atoms with van der Waals surface area (Å²) in [5, 5.41) is 0. The van der Waals surface area contributed by atoms with Gasteiger partial charge in [-0.1, -0.05) is 24.3 Å². The van der Waals surface area contributed by atoms with E-state index in [2.05, 4.69) is 0 Å². The van der Waals surface area contributed by atoms with Crippen LogP contribution in [0.2, 0.25) is 0 Å². The van der Waals surface area contributed by atoms with E-state index in [0.717, 1.165) is 0 Å². The Bertz CT molecular complexity index is 912. The van der Waals surface area contributed by atoms with Gasteiger partial charge in [0, 0.05) is 17.2 Å². The standard InChI is InChI=1S/C20H16O6/c1-24-14-7-3-5-12(9-14)17-11-16(21)18(20(23)26-17)19(22)13-6-4-8-15(10-13)25-2/h3-11,18H,1-2H3. The zero-order chi connectivity index (χ0) is 18.7. The second-order valence-corrected chi connectivity index (χ2v) is 5.59. The van der Waals surface area contributed by atoms with Crippen molar-refractivity contribution in [2.75, 3.05) is 14.2 Å². The van der Waals surface area contributed by atoms with Crippen LogP contribution in [0.1, 0.15) is 15.9 Å². The summed E-state index contributed by atoms with van der Waals surface area (Å²) in [6.45, 7) is 0. The first-order chi connectivity index (χ1) is 12.5. The Labute approximate surface area is 150 Å². The van der Waals surface area contributed by atoms with Gasteiger partial charge in [0.2, 0.25) is 0 Å². The van der Waals surface area contributed by atoms with Crippen LogP contribution in [0.3, 0.4) is 0 Å². The number of carbonyl (C=O) groups excluding carboxylic acids is 3. The number of hydrogen-bond acceptors (Lipinski definition) is 6. The maximum Gasteiger partial charge on any atom is 0.330 e. The summed E-state index contributed by atoms with van der Waals surface area (Å²) < 4.78 is 15.4. The van der Waals surface area contributed by atoms with Crippen molar-refractivity contribution in [3.05, 3.63) is 65.7 Å². The number of hydrogen-bond donors (Lipinski definition) is 0. The Morgan fingerprint density at radius 1 is 0.962 bits per heavy atom. The van der Waals surface area contributed by atoms with Crippen molar-refractivity contribution >= 4 is 23.3 Å². The normalized spacial score (nSPS) is 16.5. The average molecular weight is 352 g/mol. The van der Waals surface area contributed by atoms with Gasteiger partial charge >= 0.3 is 5.97 Å². The van der Waals surface area contributed by atoms with Gasteiger partial charge in [-0.3, -0.25) is 14.4 Å².